The van der Waals surface area contributed by atoms with Gasteiger partial charge in [-0.05, 0) is 59.3 Å². The van der Waals surface area contributed by atoms with E-state index in [0.717, 1.165) is 77.8 Å². The molecule has 0 aliphatic heterocycles. The zero-order chi connectivity index (χ0) is 36.1. The molecule has 0 saturated carbocycles. The molecule has 0 atom stereocenters. The van der Waals surface area contributed by atoms with E-state index in [1.807, 2.05) is 70.8 Å². The largest absolute Gasteiger partial charge is 2.00 e. The number of ether oxygens (including phenoxy) is 1. The van der Waals surface area contributed by atoms with Gasteiger partial charge in [-0.3, -0.25) is 4.68 Å². The van der Waals surface area contributed by atoms with E-state index in [1.54, 1.807) is 0 Å². The van der Waals surface area contributed by atoms with Crippen LogP contribution in [0.2, 0.25) is 0 Å². The number of hydrogen-bond donors (Lipinski definition) is 0. The second-order valence-electron chi connectivity index (χ2n) is 13.2. The monoisotopic (exact) mass is 794 g/mol. The van der Waals surface area contributed by atoms with Gasteiger partial charge in [-0.15, -0.1) is 35.7 Å². The number of rotatable bonds is 7. The van der Waals surface area contributed by atoms with Crippen LogP contribution in [0.25, 0.3) is 66.7 Å². The summed E-state index contributed by atoms with van der Waals surface area (Å²) in [4.78, 5) is 4.48. The predicted molar refractivity (Wildman–Crippen MR) is 210 cm³/mol. The summed E-state index contributed by atoms with van der Waals surface area (Å²) in [5.41, 5.74) is 12.1. The molecule has 0 aliphatic rings. The maximum absolute atomic E-state index is 14.4. The summed E-state index contributed by atoms with van der Waals surface area (Å²) in [5.74, 6) is 1.15. The fraction of sp³-hybridized carbons (Fsp3) is 0.0638. The van der Waals surface area contributed by atoms with Gasteiger partial charge in [-0.2, -0.15) is 16.7 Å². The molecule has 9 aromatic rings. The summed E-state index contributed by atoms with van der Waals surface area (Å²) in [6.45, 7) is 6.22. The van der Waals surface area contributed by atoms with Crippen molar-refractivity contribution in [1.29, 1.82) is 0 Å². The molecule has 0 N–H and O–H groups in total. The van der Waals surface area contributed by atoms with E-state index in [2.05, 4.69) is 104 Å². The molecular weight excluding hydrogens is 762 g/mol. The van der Waals surface area contributed by atoms with Gasteiger partial charge in [0.2, 0.25) is 0 Å². The van der Waals surface area contributed by atoms with E-state index < -0.39 is 0 Å². The molecule has 0 spiro atoms. The van der Waals surface area contributed by atoms with E-state index in [1.165, 1.54) is 18.3 Å². The van der Waals surface area contributed by atoms with Crippen molar-refractivity contribution in [3.8, 4) is 56.4 Å². The van der Waals surface area contributed by atoms with E-state index in [-0.39, 0.29) is 26.2 Å². The zero-order valence-corrected chi connectivity index (χ0v) is 31.3. The Morgan fingerprint density at radius 3 is 2.02 bits per heavy atom. The Morgan fingerprint density at radius 2 is 1.31 bits per heavy atom. The van der Waals surface area contributed by atoms with Gasteiger partial charge < -0.3 is 9.30 Å². The van der Waals surface area contributed by atoms with Crippen LogP contribution in [0.5, 0.6) is 11.5 Å². The number of aryl methyl sites for hydroxylation is 2. The Labute approximate surface area is 327 Å². The molecule has 5 nitrogen and oxygen atoms in total. The third-order valence-corrected chi connectivity index (χ3v) is 9.69. The summed E-state index contributed by atoms with van der Waals surface area (Å²) >= 11 is 0. The minimum atomic E-state index is -0.359. The van der Waals surface area contributed by atoms with Crippen LogP contribution in [-0.2, 0) is 20.4 Å². The molecule has 0 fully saturated rings. The predicted octanol–water partition coefficient (Wildman–Crippen LogP) is 11.8. The molecule has 3 heterocycles. The number of nitrogens with zero attached hydrogens (tertiary/aromatic N) is 4. The molecule has 7 heteroatoms. The van der Waals surface area contributed by atoms with Gasteiger partial charge in [-0.1, -0.05) is 110 Å². The molecular formula is C47H33FN4OPd. The molecule has 0 amide bonds. The van der Waals surface area contributed by atoms with Crippen molar-refractivity contribution in [2.45, 2.75) is 20.8 Å². The fourth-order valence-electron chi connectivity index (χ4n) is 7.41. The third kappa shape index (κ3) is 6.22. The van der Waals surface area contributed by atoms with Gasteiger partial charge in [-0.25, -0.2) is 9.37 Å². The summed E-state index contributed by atoms with van der Waals surface area (Å²) < 4.78 is 24.8. The maximum Gasteiger partial charge on any atom is 2.00 e. The normalized spacial score (nSPS) is 11.2. The summed E-state index contributed by atoms with van der Waals surface area (Å²) in [6.07, 6.45) is 1.47. The van der Waals surface area contributed by atoms with Gasteiger partial charge in [0, 0.05) is 46.1 Å². The van der Waals surface area contributed by atoms with E-state index >= 15 is 0 Å². The van der Waals surface area contributed by atoms with Crippen LogP contribution in [0, 0.1) is 38.7 Å². The summed E-state index contributed by atoms with van der Waals surface area (Å²) in [7, 11) is 0. The molecule has 0 bridgehead atoms. The van der Waals surface area contributed by atoms with Crippen LogP contribution >= 0.6 is 0 Å². The topological polar surface area (TPSA) is 44.9 Å². The first kappa shape index (κ1) is 34.9. The second-order valence-corrected chi connectivity index (χ2v) is 13.2. The minimum Gasteiger partial charge on any atom is -0.509 e. The number of para-hydroxylation sites is 1. The summed E-state index contributed by atoms with van der Waals surface area (Å²) in [6, 6.07) is 53.2. The number of pyridine rings is 1. The smallest absolute Gasteiger partial charge is 0.509 e. The van der Waals surface area contributed by atoms with Crippen LogP contribution in [0.3, 0.4) is 0 Å². The van der Waals surface area contributed by atoms with Crippen molar-refractivity contribution in [2.24, 2.45) is 0 Å². The van der Waals surface area contributed by atoms with Crippen molar-refractivity contribution in [1.82, 2.24) is 19.3 Å². The Bertz CT molecular complexity index is 2750. The van der Waals surface area contributed by atoms with Crippen LogP contribution in [0.1, 0.15) is 17.0 Å². The summed E-state index contributed by atoms with van der Waals surface area (Å²) in [5, 5.41) is 7.10. The molecule has 0 aliphatic carbocycles. The third-order valence-electron chi connectivity index (χ3n) is 9.69. The molecule has 6 aromatic carbocycles. The number of fused-ring (bicyclic) bond motifs is 3. The Morgan fingerprint density at radius 1 is 0.630 bits per heavy atom. The fourth-order valence-corrected chi connectivity index (χ4v) is 7.41. The second kappa shape index (κ2) is 14.4. The molecule has 264 valence electrons. The zero-order valence-electron chi connectivity index (χ0n) is 29.7. The molecule has 54 heavy (non-hydrogen) atoms. The Balaban J connectivity index is 0.00000413. The van der Waals surface area contributed by atoms with Gasteiger partial charge in [0.1, 0.15) is 11.6 Å². The molecule has 0 saturated heterocycles. The molecule has 0 radical (unpaired) electrons. The maximum atomic E-state index is 14.4. The Hall–Kier alpha value is -6.13. The number of aromatic nitrogens is 4. The standard InChI is InChI=1S/C47H33FN4O.Pd/c1-30-25-36(28-38(26-30)53-37-21-22-42-41-17-10-11-20-43(41)51(44(42)29-37)45-27-35(48)23-24-49-45)52-32(3)46(31(2)50-52)47-39(33-13-6-4-7-14-33)18-12-19-40(47)34-15-8-5-9-16-34;/h4-27H,1-3H3;/q-2;+2. The van der Waals surface area contributed by atoms with Gasteiger partial charge in [0.05, 0.1) is 5.69 Å². The van der Waals surface area contributed by atoms with Gasteiger partial charge in [0.25, 0.3) is 0 Å². The first-order chi connectivity index (χ1) is 25.9. The quantitative estimate of drug-likeness (QED) is 0.119. The van der Waals surface area contributed by atoms with E-state index in [0.29, 0.717) is 17.3 Å². The van der Waals surface area contributed by atoms with E-state index in [4.69, 9.17) is 9.84 Å². The number of hydrogen-bond acceptors (Lipinski definition) is 3. The van der Waals surface area contributed by atoms with Crippen molar-refractivity contribution in [3.63, 3.8) is 0 Å². The van der Waals surface area contributed by atoms with Crippen molar-refractivity contribution < 1.29 is 29.6 Å². The number of benzene rings is 6. The Kier molecular flexibility index (Phi) is 9.29. The minimum absolute atomic E-state index is 0. The van der Waals surface area contributed by atoms with Crippen molar-refractivity contribution >= 4 is 21.8 Å². The average molecular weight is 795 g/mol. The van der Waals surface area contributed by atoms with E-state index in [9.17, 15) is 4.39 Å². The molecule has 0 unspecified atom stereocenters. The van der Waals surface area contributed by atoms with Crippen LogP contribution < -0.4 is 4.74 Å². The van der Waals surface area contributed by atoms with Crippen LogP contribution in [-0.4, -0.2) is 19.3 Å². The van der Waals surface area contributed by atoms with Crippen molar-refractivity contribution in [3.05, 3.63) is 181 Å². The van der Waals surface area contributed by atoms with Crippen LogP contribution in [0.15, 0.2) is 146 Å². The molecule has 3 aromatic heterocycles. The average Bonchev–Trinajstić information content (AvgIpc) is 3.67. The molecule has 9 rings (SSSR count). The van der Waals surface area contributed by atoms with Crippen molar-refractivity contribution in [2.75, 3.05) is 0 Å². The number of halogens is 1. The van der Waals surface area contributed by atoms with Gasteiger partial charge in [0.15, 0.2) is 0 Å². The first-order valence-electron chi connectivity index (χ1n) is 17.5. The van der Waals surface area contributed by atoms with Crippen LogP contribution in [0.4, 0.5) is 4.39 Å². The van der Waals surface area contributed by atoms with Gasteiger partial charge >= 0.3 is 20.4 Å². The first-order valence-corrected chi connectivity index (χ1v) is 17.5. The SMILES string of the molecule is Cc1cc(Oc2[c-]c3c(cc2)c2ccccc2n3-c2cc(F)ccn2)[c-]c(-n2nc(C)c(-c3c(-c4ccccc4)cccc3-c3ccccc3)c2C)c1.[Pd+2].